The zero-order valence-electron chi connectivity index (χ0n) is 12.7. The number of rotatable bonds is 5. The minimum atomic E-state index is -0.0186. The number of likely N-dealkylation sites (N-methyl/N-ethyl adjacent to an activating group) is 1. The molecule has 1 aliphatic rings. The minimum absolute atomic E-state index is 0.0186. The molecule has 1 atom stereocenters. The van der Waals surface area contributed by atoms with Crippen LogP contribution in [0.5, 0.6) is 0 Å². The monoisotopic (exact) mass is 269 g/mol. The molecule has 1 saturated heterocycles. The Morgan fingerprint density at radius 3 is 2.16 bits per heavy atom. The van der Waals surface area contributed by atoms with Crippen LogP contribution in [0.3, 0.4) is 0 Å². The van der Waals surface area contributed by atoms with Gasteiger partial charge in [-0.15, -0.1) is 0 Å². The van der Waals surface area contributed by atoms with Gasteiger partial charge in [-0.3, -0.25) is 9.59 Å². The number of piperazine rings is 1. The Labute approximate surface area is 116 Å². The van der Waals surface area contributed by atoms with E-state index in [2.05, 4.69) is 11.8 Å². The van der Waals surface area contributed by atoms with Crippen LogP contribution in [0, 0.1) is 0 Å². The molecule has 1 heterocycles. The van der Waals surface area contributed by atoms with Gasteiger partial charge in [0.05, 0.1) is 6.54 Å². The van der Waals surface area contributed by atoms with Crippen molar-refractivity contribution in [1.82, 2.24) is 14.7 Å². The average Bonchev–Trinajstić information content (AvgIpc) is 2.43. The van der Waals surface area contributed by atoms with Crippen molar-refractivity contribution in [2.45, 2.75) is 40.2 Å². The van der Waals surface area contributed by atoms with Crippen LogP contribution in [-0.4, -0.2) is 71.8 Å². The molecule has 1 unspecified atom stereocenters. The van der Waals surface area contributed by atoms with E-state index in [4.69, 9.17) is 0 Å². The molecule has 0 saturated carbocycles. The Balaban J connectivity index is 2.51. The van der Waals surface area contributed by atoms with Gasteiger partial charge in [0.25, 0.3) is 0 Å². The molecule has 5 heteroatoms. The second-order valence-electron chi connectivity index (χ2n) is 5.22. The van der Waals surface area contributed by atoms with Gasteiger partial charge in [0.2, 0.25) is 11.8 Å². The van der Waals surface area contributed by atoms with Crippen molar-refractivity contribution in [2.75, 3.05) is 39.3 Å². The molecule has 0 spiro atoms. The lowest BCUT2D eigenvalue weighted by molar-refractivity contribution is -0.142. The van der Waals surface area contributed by atoms with Crippen molar-refractivity contribution in [3.05, 3.63) is 0 Å². The molecule has 1 fully saturated rings. The number of carbonyl (C=O) groups excluding carboxylic acids is 2. The highest BCUT2D eigenvalue weighted by atomic mass is 16.2. The van der Waals surface area contributed by atoms with E-state index in [-0.39, 0.29) is 24.4 Å². The molecule has 1 aliphatic heterocycles. The summed E-state index contributed by atoms with van der Waals surface area (Å²) in [5.74, 6) is 0.0566. The van der Waals surface area contributed by atoms with Crippen LogP contribution in [0.4, 0.5) is 0 Å². The zero-order chi connectivity index (χ0) is 14.4. The predicted molar refractivity (Wildman–Crippen MR) is 75.8 cm³/mol. The summed E-state index contributed by atoms with van der Waals surface area (Å²) in [7, 11) is 0. The van der Waals surface area contributed by atoms with E-state index >= 15 is 0 Å². The first kappa shape index (κ1) is 16.0. The summed E-state index contributed by atoms with van der Waals surface area (Å²) in [6.07, 6.45) is 0.872. The van der Waals surface area contributed by atoms with Gasteiger partial charge in [0.15, 0.2) is 0 Å². The molecule has 0 aromatic heterocycles. The fraction of sp³-hybridized carbons (Fsp3) is 0.857. The first-order valence-corrected chi connectivity index (χ1v) is 7.26. The number of hydrogen-bond donors (Lipinski definition) is 0. The third-order valence-electron chi connectivity index (χ3n) is 4.01. The van der Waals surface area contributed by atoms with Crippen molar-refractivity contribution < 1.29 is 9.59 Å². The topological polar surface area (TPSA) is 43.9 Å². The highest BCUT2D eigenvalue weighted by Crippen LogP contribution is 2.07. The lowest BCUT2D eigenvalue weighted by Crippen LogP contribution is -2.52. The van der Waals surface area contributed by atoms with Gasteiger partial charge in [0, 0.05) is 39.1 Å². The summed E-state index contributed by atoms with van der Waals surface area (Å²) >= 11 is 0. The maximum absolute atomic E-state index is 12.2. The zero-order valence-corrected chi connectivity index (χ0v) is 12.7. The first-order valence-electron chi connectivity index (χ1n) is 7.26. The predicted octanol–water partition coefficient (Wildman–Crippen LogP) is 0.798. The summed E-state index contributed by atoms with van der Waals surface area (Å²) in [6.45, 7) is 12.4. The molecule has 0 aliphatic carbocycles. The van der Waals surface area contributed by atoms with E-state index in [1.807, 2.05) is 18.7 Å². The van der Waals surface area contributed by atoms with Crippen molar-refractivity contribution in [3.8, 4) is 0 Å². The molecule has 0 aromatic carbocycles. The Hall–Kier alpha value is -1.10. The molecule has 0 aromatic rings. The Morgan fingerprint density at radius 1 is 1.16 bits per heavy atom. The number of nitrogens with zero attached hydrogens (tertiary/aromatic N) is 3. The quantitative estimate of drug-likeness (QED) is 0.741. The van der Waals surface area contributed by atoms with Gasteiger partial charge in [-0.2, -0.15) is 0 Å². The average molecular weight is 269 g/mol. The molecule has 5 nitrogen and oxygen atoms in total. The normalized spacial score (nSPS) is 18.2. The third-order valence-corrected chi connectivity index (χ3v) is 4.01. The molecule has 0 radical (unpaired) electrons. The van der Waals surface area contributed by atoms with Gasteiger partial charge < -0.3 is 14.7 Å². The van der Waals surface area contributed by atoms with Crippen molar-refractivity contribution >= 4 is 11.8 Å². The summed E-state index contributed by atoms with van der Waals surface area (Å²) in [6, 6.07) is 0.124. The molecule has 0 N–H and O–H groups in total. The van der Waals surface area contributed by atoms with E-state index in [0.29, 0.717) is 0 Å². The summed E-state index contributed by atoms with van der Waals surface area (Å²) in [5.41, 5.74) is 0. The molecular formula is C14H27N3O2. The Morgan fingerprint density at radius 2 is 1.74 bits per heavy atom. The van der Waals surface area contributed by atoms with E-state index in [9.17, 15) is 9.59 Å². The molecule has 0 bridgehead atoms. The molecule has 1 rings (SSSR count). The van der Waals surface area contributed by atoms with Crippen LogP contribution < -0.4 is 0 Å². The molecule has 110 valence electrons. The standard InChI is InChI=1S/C14H27N3O2/c1-5-12(3)17(13(4)18)11-14(19)16-9-7-15(6-2)8-10-16/h12H,5-11H2,1-4H3. The summed E-state index contributed by atoms with van der Waals surface area (Å²) < 4.78 is 0. The molecule has 2 amide bonds. The number of amides is 2. The Bertz CT molecular complexity index is 312. The minimum Gasteiger partial charge on any atom is -0.339 e. The van der Waals surface area contributed by atoms with Crippen molar-refractivity contribution in [1.29, 1.82) is 0 Å². The van der Waals surface area contributed by atoms with Crippen LogP contribution in [0.25, 0.3) is 0 Å². The smallest absolute Gasteiger partial charge is 0.242 e. The molecule has 19 heavy (non-hydrogen) atoms. The van der Waals surface area contributed by atoms with Crippen LogP contribution in [0.2, 0.25) is 0 Å². The van der Waals surface area contributed by atoms with Crippen LogP contribution >= 0.6 is 0 Å². The fourth-order valence-corrected chi connectivity index (χ4v) is 2.36. The highest BCUT2D eigenvalue weighted by molar-refractivity contribution is 5.84. The van der Waals surface area contributed by atoms with Gasteiger partial charge in [-0.1, -0.05) is 13.8 Å². The lowest BCUT2D eigenvalue weighted by atomic mass is 10.2. The van der Waals surface area contributed by atoms with Crippen LogP contribution in [-0.2, 0) is 9.59 Å². The maximum atomic E-state index is 12.2. The van der Waals surface area contributed by atoms with Gasteiger partial charge >= 0.3 is 0 Å². The SMILES string of the molecule is CCC(C)N(CC(=O)N1CCN(CC)CC1)C(C)=O. The first-order chi connectivity index (χ1) is 8.99. The number of hydrogen-bond acceptors (Lipinski definition) is 3. The van der Waals surface area contributed by atoms with Crippen LogP contribution in [0.15, 0.2) is 0 Å². The summed E-state index contributed by atoms with van der Waals surface area (Å²) in [5, 5.41) is 0. The van der Waals surface area contributed by atoms with E-state index in [0.717, 1.165) is 39.1 Å². The van der Waals surface area contributed by atoms with E-state index < -0.39 is 0 Å². The van der Waals surface area contributed by atoms with Gasteiger partial charge in [-0.05, 0) is 19.9 Å². The second kappa shape index (κ2) is 7.48. The summed E-state index contributed by atoms with van der Waals surface area (Å²) in [4.78, 5) is 29.7. The van der Waals surface area contributed by atoms with Crippen LogP contribution in [0.1, 0.15) is 34.1 Å². The Kier molecular flexibility index (Phi) is 6.28. The maximum Gasteiger partial charge on any atom is 0.242 e. The lowest BCUT2D eigenvalue weighted by Gasteiger charge is -2.36. The van der Waals surface area contributed by atoms with Crippen molar-refractivity contribution in [3.63, 3.8) is 0 Å². The van der Waals surface area contributed by atoms with E-state index in [1.165, 1.54) is 6.92 Å². The highest BCUT2D eigenvalue weighted by Gasteiger charge is 2.24. The number of carbonyl (C=O) groups is 2. The van der Waals surface area contributed by atoms with E-state index in [1.54, 1.807) is 4.90 Å². The van der Waals surface area contributed by atoms with Gasteiger partial charge in [0.1, 0.15) is 0 Å². The molecular weight excluding hydrogens is 242 g/mol. The van der Waals surface area contributed by atoms with Crippen molar-refractivity contribution in [2.24, 2.45) is 0 Å². The largest absolute Gasteiger partial charge is 0.339 e. The van der Waals surface area contributed by atoms with Gasteiger partial charge in [-0.25, -0.2) is 0 Å². The third kappa shape index (κ3) is 4.49. The fourth-order valence-electron chi connectivity index (χ4n) is 2.36. The second-order valence-corrected chi connectivity index (χ2v) is 5.22.